The number of carbonyl (C=O) groups is 1. The van der Waals surface area contributed by atoms with Gasteiger partial charge in [0.15, 0.2) is 15.5 Å². The summed E-state index contributed by atoms with van der Waals surface area (Å²) in [7, 11) is -3.43. The molecule has 1 amide bonds. The van der Waals surface area contributed by atoms with E-state index in [4.69, 9.17) is 0 Å². The quantitative estimate of drug-likeness (QED) is 0.360. The molecule has 0 radical (unpaired) electrons. The van der Waals surface area contributed by atoms with Gasteiger partial charge >= 0.3 is 0 Å². The van der Waals surface area contributed by atoms with Crippen LogP contribution >= 0.6 is 0 Å². The molecule has 4 heterocycles. The average Bonchev–Trinajstić information content (AvgIpc) is 3.78. The van der Waals surface area contributed by atoms with Crippen molar-refractivity contribution in [3.63, 3.8) is 0 Å². The molecule has 2 saturated carbocycles. The monoisotopic (exact) mass is 518 g/mol. The predicted octanol–water partition coefficient (Wildman–Crippen LogP) is 2.86. The SMILES string of the molecule is Cc1ccnc([C@H]2C[C@@H]2C(=O)Nc2cc(NCc3cn4cc(C5CC5)cc(S(C)(=O)=O)c4n3)ncn2)n1. The summed E-state index contributed by atoms with van der Waals surface area (Å²) >= 11 is 0. The van der Waals surface area contributed by atoms with Crippen LogP contribution in [0.5, 0.6) is 0 Å². The van der Waals surface area contributed by atoms with Gasteiger partial charge in [-0.2, -0.15) is 0 Å². The molecule has 0 aromatic carbocycles. The van der Waals surface area contributed by atoms with Gasteiger partial charge in [0.2, 0.25) is 5.91 Å². The minimum atomic E-state index is -3.43. The Balaban J connectivity index is 1.13. The zero-order chi connectivity index (χ0) is 25.7. The molecule has 0 saturated heterocycles. The number of fused-ring (bicyclic) bond motifs is 1. The first kappa shape index (κ1) is 23.5. The number of nitrogens with zero attached hydrogens (tertiary/aromatic N) is 6. The lowest BCUT2D eigenvalue weighted by Crippen LogP contribution is -2.16. The Morgan fingerprint density at radius 1 is 1.11 bits per heavy atom. The molecule has 4 aromatic rings. The molecule has 2 N–H and O–H groups in total. The van der Waals surface area contributed by atoms with Crippen LogP contribution < -0.4 is 10.6 Å². The van der Waals surface area contributed by atoms with Crippen molar-refractivity contribution in [3.05, 3.63) is 65.9 Å². The smallest absolute Gasteiger partial charge is 0.229 e. The third-order valence-corrected chi connectivity index (χ3v) is 7.78. The van der Waals surface area contributed by atoms with E-state index in [1.807, 2.05) is 25.4 Å². The summed E-state index contributed by atoms with van der Waals surface area (Å²) < 4.78 is 26.6. The van der Waals surface area contributed by atoms with E-state index in [1.165, 1.54) is 12.6 Å². The molecule has 2 fully saturated rings. The van der Waals surface area contributed by atoms with Gasteiger partial charge in [0, 0.05) is 48.4 Å². The summed E-state index contributed by atoms with van der Waals surface area (Å²) in [5.41, 5.74) is 2.98. The van der Waals surface area contributed by atoms with Gasteiger partial charge in [-0.05, 0) is 49.8 Å². The molecule has 2 aliphatic carbocycles. The van der Waals surface area contributed by atoms with Crippen molar-refractivity contribution in [3.8, 4) is 0 Å². The summed E-state index contributed by atoms with van der Waals surface area (Å²) in [5, 5.41) is 6.03. The predicted molar refractivity (Wildman–Crippen MR) is 136 cm³/mol. The third kappa shape index (κ3) is 5.01. The van der Waals surface area contributed by atoms with Crippen LogP contribution in [0.1, 0.15) is 53.9 Å². The summed E-state index contributed by atoms with van der Waals surface area (Å²) in [6.07, 6.45) is 10.9. The number of hydrogen-bond donors (Lipinski definition) is 2. The normalized spacial score (nSPS) is 19.1. The Bertz CT molecular complexity index is 1630. The number of amides is 1. The van der Waals surface area contributed by atoms with E-state index < -0.39 is 9.84 Å². The highest BCUT2D eigenvalue weighted by molar-refractivity contribution is 7.91. The number of carbonyl (C=O) groups excluding carboxylic acids is 1. The van der Waals surface area contributed by atoms with E-state index in [0.29, 0.717) is 47.7 Å². The number of nitrogens with one attached hydrogen (secondary N) is 2. The maximum atomic E-state index is 12.7. The van der Waals surface area contributed by atoms with Gasteiger partial charge in [-0.1, -0.05) is 0 Å². The molecule has 12 heteroatoms. The fourth-order valence-corrected chi connectivity index (χ4v) is 5.31. The lowest BCUT2D eigenvalue weighted by molar-refractivity contribution is -0.117. The van der Waals surface area contributed by atoms with E-state index in [9.17, 15) is 13.2 Å². The highest BCUT2D eigenvalue weighted by Gasteiger charge is 2.46. The van der Waals surface area contributed by atoms with E-state index in [-0.39, 0.29) is 22.6 Å². The van der Waals surface area contributed by atoms with Gasteiger partial charge in [0.1, 0.15) is 28.7 Å². The first-order valence-electron chi connectivity index (χ1n) is 12.1. The van der Waals surface area contributed by atoms with Crippen molar-refractivity contribution in [2.45, 2.75) is 49.5 Å². The van der Waals surface area contributed by atoms with Crippen LogP contribution in [0.4, 0.5) is 11.6 Å². The van der Waals surface area contributed by atoms with E-state index in [1.54, 1.807) is 22.7 Å². The van der Waals surface area contributed by atoms with Crippen LogP contribution in [-0.4, -0.2) is 49.9 Å². The van der Waals surface area contributed by atoms with Gasteiger partial charge in [-0.25, -0.2) is 33.3 Å². The molecule has 11 nitrogen and oxygen atoms in total. The van der Waals surface area contributed by atoms with Crippen LogP contribution in [0.2, 0.25) is 0 Å². The molecule has 2 atom stereocenters. The molecule has 0 aliphatic heterocycles. The third-order valence-electron chi connectivity index (χ3n) is 6.68. The maximum absolute atomic E-state index is 12.7. The zero-order valence-electron chi connectivity index (χ0n) is 20.4. The highest BCUT2D eigenvalue weighted by Crippen LogP contribution is 2.46. The molecule has 0 spiro atoms. The van der Waals surface area contributed by atoms with Crippen LogP contribution in [0.15, 0.2) is 48.0 Å². The number of imidazole rings is 1. The van der Waals surface area contributed by atoms with Crippen LogP contribution in [-0.2, 0) is 21.2 Å². The minimum absolute atomic E-state index is 0.0200. The Hall–Kier alpha value is -3.93. The molecule has 0 bridgehead atoms. The largest absolute Gasteiger partial charge is 0.364 e. The minimum Gasteiger partial charge on any atom is -0.364 e. The molecule has 6 rings (SSSR count). The molecule has 0 unspecified atom stereocenters. The fourth-order valence-electron chi connectivity index (χ4n) is 4.48. The van der Waals surface area contributed by atoms with Crippen molar-refractivity contribution >= 4 is 33.0 Å². The Kier molecular flexibility index (Phi) is 5.63. The Morgan fingerprint density at radius 2 is 1.92 bits per heavy atom. The van der Waals surface area contributed by atoms with E-state index in [2.05, 4.69) is 35.6 Å². The van der Waals surface area contributed by atoms with E-state index >= 15 is 0 Å². The zero-order valence-corrected chi connectivity index (χ0v) is 21.2. The van der Waals surface area contributed by atoms with Crippen molar-refractivity contribution in [1.82, 2.24) is 29.3 Å². The average molecular weight is 519 g/mol. The Morgan fingerprint density at radius 3 is 2.68 bits per heavy atom. The first-order chi connectivity index (χ1) is 17.7. The second-order valence-electron chi connectivity index (χ2n) is 9.78. The van der Waals surface area contributed by atoms with Crippen LogP contribution in [0.3, 0.4) is 0 Å². The number of aromatic nitrogens is 6. The molecular weight excluding hydrogens is 492 g/mol. The summed E-state index contributed by atoms with van der Waals surface area (Å²) in [5.74, 6) is 1.72. The van der Waals surface area contributed by atoms with Gasteiger partial charge in [0.05, 0.1) is 12.2 Å². The number of aryl methyl sites for hydroxylation is 1. The van der Waals surface area contributed by atoms with Gasteiger partial charge < -0.3 is 15.0 Å². The lowest BCUT2D eigenvalue weighted by Gasteiger charge is -2.07. The lowest BCUT2D eigenvalue weighted by atomic mass is 10.2. The number of hydrogen-bond acceptors (Lipinski definition) is 9. The maximum Gasteiger partial charge on any atom is 0.229 e. The van der Waals surface area contributed by atoms with Crippen molar-refractivity contribution in [1.29, 1.82) is 0 Å². The number of anilines is 2. The van der Waals surface area contributed by atoms with Crippen LogP contribution in [0.25, 0.3) is 5.65 Å². The Labute approximate surface area is 213 Å². The van der Waals surface area contributed by atoms with Crippen molar-refractivity contribution < 1.29 is 13.2 Å². The highest BCUT2D eigenvalue weighted by atomic mass is 32.2. The second kappa shape index (κ2) is 8.87. The standard InChI is InChI=1S/C25H26N8O3S/c1-14-5-6-26-23(30-14)18-8-19(18)25(34)32-22-9-21(28-13-29-22)27-10-17-12-33-11-16(15-3-4-15)7-20(24(33)31-17)37(2,35)36/h5-7,9,11-13,15,18-19H,3-4,8,10H2,1-2H3,(H2,27,28,29,32,34)/t18-,19-/m0/s1. The molecule has 37 heavy (non-hydrogen) atoms. The molecule has 190 valence electrons. The van der Waals surface area contributed by atoms with E-state index in [0.717, 1.165) is 24.1 Å². The van der Waals surface area contributed by atoms with Gasteiger partial charge in [-0.15, -0.1) is 0 Å². The molecule has 4 aromatic heterocycles. The van der Waals surface area contributed by atoms with Crippen LogP contribution in [0, 0.1) is 12.8 Å². The number of sulfone groups is 1. The number of rotatable bonds is 8. The molecule has 2 aliphatic rings. The fraction of sp³-hybridized carbons (Fsp3) is 0.360. The number of pyridine rings is 1. The summed E-state index contributed by atoms with van der Waals surface area (Å²) in [6.45, 7) is 2.23. The summed E-state index contributed by atoms with van der Waals surface area (Å²) in [6, 6.07) is 5.24. The second-order valence-corrected chi connectivity index (χ2v) is 11.8. The summed E-state index contributed by atoms with van der Waals surface area (Å²) in [4.78, 5) is 34.6. The van der Waals surface area contributed by atoms with Gasteiger partial charge in [0.25, 0.3) is 0 Å². The van der Waals surface area contributed by atoms with Gasteiger partial charge in [-0.3, -0.25) is 4.79 Å². The molecular formula is C25H26N8O3S. The van der Waals surface area contributed by atoms with Crippen molar-refractivity contribution in [2.24, 2.45) is 5.92 Å². The first-order valence-corrected chi connectivity index (χ1v) is 14.0. The van der Waals surface area contributed by atoms with Crippen molar-refractivity contribution in [2.75, 3.05) is 16.9 Å². The topological polar surface area (TPSA) is 144 Å².